The van der Waals surface area contributed by atoms with Crippen LogP contribution in [0.2, 0.25) is 0 Å². The van der Waals surface area contributed by atoms with Crippen molar-refractivity contribution in [3.8, 4) is 0 Å². The molecule has 3 saturated heterocycles. The van der Waals surface area contributed by atoms with Gasteiger partial charge in [-0.15, -0.1) is 0 Å². The molecule has 0 atom stereocenters. The Labute approximate surface area is 123 Å². The van der Waals surface area contributed by atoms with Crippen molar-refractivity contribution in [3.05, 3.63) is 0 Å². The third-order valence-corrected chi connectivity index (χ3v) is 4.28. The van der Waals surface area contributed by atoms with E-state index in [1.807, 2.05) is 11.9 Å². The molecule has 4 amide bonds. The van der Waals surface area contributed by atoms with E-state index in [0.717, 1.165) is 31.1 Å². The Bertz CT molecular complexity index is 439. The molecule has 3 rings (SSSR count). The van der Waals surface area contributed by atoms with Crippen molar-refractivity contribution in [1.29, 1.82) is 0 Å². The monoisotopic (exact) mass is 296 g/mol. The zero-order valence-electron chi connectivity index (χ0n) is 12.2. The van der Waals surface area contributed by atoms with E-state index in [4.69, 9.17) is 0 Å². The molecule has 0 unspecified atom stereocenters. The van der Waals surface area contributed by atoms with Crippen LogP contribution in [0.1, 0.15) is 0 Å². The molecule has 0 aromatic carbocycles. The molecule has 3 heterocycles. The Kier molecular flexibility index (Phi) is 3.71. The standard InChI is InChI=1S/C13H20N4O4/c1-14-2-4-15(5-3-14)12(19)16-6-10(7-16)8-17-11(18)9-21-13(17)20/h10H,2-9H2,1H3. The van der Waals surface area contributed by atoms with Crippen molar-refractivity contribution in [3.63, 3.8) is 0 Å². The van der Waals surface area contributed by atoms with Crippen LogP contribution in [0.5, 0.6) is 0 Å². The van der Waals surface area contributed by atoms with Gasteiger partial charge in [-0.2, -0.15) is 0 Å². The molecule has 0 aromatic heterocycles. The van der Waals surface area contributed by atoms with Crippen LogP contribution in [0.25, 0.3) is 0 Å². The van der Waals surface area contributed by atoms with E-state index in [-0.39, 0.29) is 24.5 Å². The van der Waals surface area contributed by atoms with Crippen molar-refractivity contribution >= 4 is 18.0 Å². The summed E-state index contributed by atoms with van der Waals surface area (Å²) in [4.78, 5) is 42.0. The number of urea groups is 1. The predicted molar refractivity (Wildman–Crippen MR) is 72.6 cm³/mol. The van der Waals surface area contributed by atoms with Crippen LogP contribution < -0.4 is 0 Å². The summed E-state index contributed by atoms with van der Waals surface area (Å²) in [7, 11) is 2.05. The van der Waals surface area contributed by atoms with Gasteiger partial charge in [0.1, 0.15) is 0 Å². The van der Waals surface area contributed by atoms with Crippen molar-refractivity contribution in [1.82, 2.24) is 19.6 Å². The quantitative estimate of drug-likeness (QED) is 0.671. The summed E-state index contributed by atoms with van der Waals surface area (Å²) in [6.45, 7) is 4.71. The SMILES string of the molecule is CN1CCN(C(=O)N2CC(CN3C(=O)COC3=O)C2)CC1. The summed E-state index contributed by atoms with van der Waals surface area (Å²) in [5.41, 5.74) is 0. The van der Waals surface area contributed by atoms with Crippen molar-refractivity contribution in [2.24, 2.45) is 5.92 Å². The molecule has 8 nitrogen and oxygen atoms in total. The molecule has 21 heavy (non-hydrogen) atoms. The fourth-order valence-corrected chi connectivity index (χ4v) is 2.85. The molecule has 116 valence electrons. The number of imide groups is 1. The maximum atomic E-state index is 12.3. The van der Waals surface area contributed by atoms with Crippen LogP contribution in [-0.2, 0) is 9.53 Å². The first-order valence-corrected chi connectivity index (χ1v) is 7.24. The van der Waals surface area contributed by atoms with Gasteiger partial charge >= 0.3 is 12.1 Å². The molecular weight excluding hydrogens is 276 g/mol. The van der Waals surface area contributed by atoms with Gasteiger partial charge < -0.3 is 19.4 Å². The normalized spacial score (nSPS) is 24.3. The number of hydrogen-bond donors (Lipinski definition) is 0. The van der Waals surface area contributed by atoms with Gasteiger partial charge in [0.15, 0.2) is 6.61 Å². The van der Waals surface area contributed by atoms with Gasteiger partial charge in [-0.1, -0.05) is 0 Å². The van der Waals surface area contributed by atoms with Crippen LogP contribution in [0.4, 0.5) is 9.59 Å². The molecule has 0 saturated carbocycles. The molecule has 0 aliphatic carbocycles. The topological polar surface area (TPSA) is 73.4 Å². The molecule has 3 fully saturated rings. The number of amides is 4. The van der Waals surface area contributed by atoms with Crippen LogP contribution >= 0.6 is 0 Å². The number of ether oxygens (including phenoxy) is 1. The largest absolute Gasteiger partial charge is 0.439 e. The second-order valence-corrected chi connectivity index (χ2v) is 5.90. The maximum Gasteiger partial charge on any atom is 0.417 e. The van der Waals surface area contributed by atoms with Crippen molar-refractivity contribution < 1.29 is 19.1 Å². The number of carbonyl (C=O) groups is 3. The minimum atomic E-state index is -0.566. The first kappa shape index (κ1) is 14.1. The Morgan fingerprint density at radius 1 is 1.14 bits per heavy atom. The van der Waals surface area contributed by atoms with Crippen LogP contribution in [0, 0.1) is 5.92 Å². The maximum absolute atomic E-state index is 12.3. The van der Waals surface area contributed by atoms with Crippen LogP contribution in [0.15, 0.2) is 0 Å². The lowest BCUT2D eigenvalue weighted by Gasteiger charge is -2.44. The highest BCUT2D eigenvalue weighted by Crippen LogP contribution is 2.21. The van der Waals surface area contributed by atoms with Crippen molar-refractivity contribution in [2.75, 3.05) is 59.5 Å². The summed E-state index contributed by atoms with van der Waals surface area (Å²) in [6, 6.07) is 0.0645. The Morgan fingerprint density at radius 3 is 2.38 bits per heavy atom. The van der Waals surface area contributed by atoms with E-state index >= 15 is 0 Å². The zero-order valence-corrected chi connectivity index (χ0v) is 12.2. The minimum Gasteiger partial charge on any atom is -0.439 e. The molecule has 8 heteroatoms. The molecule has 3 aliphatic rings. The summed E-state index contributed by atoms with van der Waals surface area (Å²) >= 11 is 0. The van der Waals surface area contributed by atoms with Crippen molar-refractivity contribution in [2.45, 2.75) is 0 Å². The number of cyclic esters (lactones) is 1. The highest BCUT2D eigenvalue weighted by Gasteiger charge is 2.39. The van der Waals surface area contributed by atoms with E-state index in [9.17, 15) is 14.4 Å². The highest BCUT2D eigenvalue weighted by molar-refractivity contribution is 5.97. The number of hydrogen-bond acceptors (Lipinski definition) is 5. The average Bonchev–Trinajstić information content (AvgIpc) is 2.73. The number of piperazine rings is 1. The van der Waals surface area contributed by atoms with Gasteiger partial charge in [-0.05, 0) is 7.05 Å². The lowest BCUT2D eigenvalue weighted by molar-refractivity contribution is -0.126. The molecule has 3 aliphatic heterocycles. The smallest absolute Gasteiger partial charge is 0.417 e. The molecule has 0 N–H and O–H groups in total. The fraction of sp³-hybridized carbons (Fsp3) is 0.769. The van der Waals surface area contributed by atoms with Crippen LogP contribution in [-0.4, -0.2) is 97.1 Å². The van der Waals surface area contributed by atoms with Gasteiger partial charge in [0.25, 0.3) is 5.91 Å². The molecule has 0 aromatic rings. The first-order valence-electron chi connectivity index (χ1n) is 7.24. The van der Waals surface area contributed by atoms with Gasteiger partial charge in [0.2, 0.25) is 0 Å². The van der Waals surface area contributed by atoms with Gasteiger partial charge in [-0.25, -0.2) is 14.5 Å². The van der Waals surface area contributed by atoms with Gasteiger partial charge in [0, 0.05) is 51.7 Å². The van der Waals surface area contributed by atoms with E-state index < -0.39 is 6.09 Å². The summed E-state index contributed by atoms with van der Waals surface area (Å²) in [6.07, 6.45) is -0.566. The van der Waals surface area contributed by atoms with E-state index in [1.165, 1.54) is 0 Å². The molecule has 0 radical (unpaired) electrons. The Hall–Kier alpha value is -1.83. The number of rotatable bonds is 2. The molecular formula is C13H20N4O4. The first-order chi connectivity index (χ1) is 10.0. The second-order valence-electron chi connectivity index (χ2n) is 5.90. The molecule has 0 spiro atoms. The number of carbonyl (C=O) groups excluding carboxylic acids is 3. The second kappa shape index (κ2) is 5.51. The number of likely N-dealkylation sites (N-methyl/N-ethyl adjacent to an activating group) is 1. The third-order valence-electron chi connectivity index (χ3n) is 4.28. The molecule has 0 bridgehead atoms. The minimum absolute atomic E-state index is 0.0645. The van der Waals surface area contributed by atoms with E-state index in [2.05, 4.69) is 9.64 Å². The summed E-state index contributed by atoms with van der Waals surface area (Å²) in [5, 5.41) is 0. The predicted octanol–water partition coefficient (Wildman–Crippen LogP) is -0.736. The highest BCUT2D eigenvalue weighted by atomic mass is 16.6. The fourth-order valence-electron chi connectivity index (χ4n) is 2.85. The Balaban J connectivity index is 1.44. The van der Waals surface area contributed by atoms with Crippen LogP contribution in [0.3, 0.4) is 0 Å². The van der Waals surface area contributed by atoms with E-state index in [0.29, 0.717) is 19.6 Å². The number of nitrogens with zero attached hydrogens (tertiary/aromatic N) is 4. The van der Waals surface area contributed by atoms with Gasteiger partial charge in [0.05, 0.1) is 0 Å². The lowest BCUT2D eigenvalue weighted by Crippen LogP contribution is -2.60. The lowest BCUT2D eigenvalue weighted by atomic mass is 10.00. The number of likely N-dealkylation sites (tertiary alicyclic amines) is 1. The summed E-state index contributed by atoms with van der Waals surface area (Å²) < 4.78 is 4.67. The third kappa shape index (κ3) is 2.80. The summed E-state index contributed by atoms with van der Waals surface area (Å²) in [5.74, 6) is -0.125. The average molecular weight is 296 g/mol. The Morgan fingerprint density at radius 2 is 1.81 bits per heavy atom. The van der Waals surface area contributed by atoms with Gasteiger partial charge in [-0.3, -0.25) is 4.79 Å². The zero-order chi connectivity index (χ0) is 15.0. The van der Waals surface area contributed by atoms with E-state index in [1.54, 1.807) is 4.90 Å².